The number of carboxylic acids is 1. The third-order valence-corrected chi connectivity index (χ3v) is 7.57. The van der Waals surface area contributed by atoms with Crippen molar-refractivity contribution in [3.8, 4) is 0 Å². The molecule has 12 heteroatoms. The lowest BCUT2D eigenvalue weighted by Gasteiger charge is -2.17. The number of halogens is 1. The van der Waals surface area contributed by atoms with Crippen LogP contribution in [0.25, 0.3) is 0 Å². The Hall–Kier alpha value is -2.60. The van der Waals surface area contributed by atoms with E-state index < -0.39 is 17.9 Å². The minimum atomic E-state index is -0.970. The third-order valence-electron chi connectivity index (χ3n) is 4.55. The molecule has 0 aliphatic carbocycles. The summed E-state index contributed by atoms with van der Waals surface area (Å²) in [5.41, 5.74) is 1.47. The van der Waals surface area contributed by atoms with Gasteiger partial charge in [-0.2, -0.15) is 11.8 Å². The molecule has 0 saturated carbocycles. The van der Waals surface area contributed by atoms with Crippen molar-refractivity contribution in [2.45, 2.75) is 22.6 Å². The number of benzene rings is 2. The first-order valence-corrected chi connectivity index (χ1v) is 13.6. The fraction of sp³-hybridized carbons (Fsp3) is 0.227. The van der Waals surface area contributed by atoms with E-state index >= 15 is 0 Å². The Morgan fingerprint density at radius 2 is 1.85 bits per heavy atom. The summed E-state index contributed by atoms with van der Waals surface area (Å²) in [6, 6.07) is 12.5. The van der Waals surface area contributed by atoms with Gasteiger partial charge in [0, 0.05) is 5.75 Å². The summed E-state index contributed by atoms with van der Waals surface area (Å²) in [4.78, 5) is 36.4. The molecule has 1 heterocycles. The largest absolute Gasteiger partial charge is 0.478 e. The second-order valence-corrected chi connectivity index (χ2v) is 10.5. The molecule has 0 bridgehead atoms. The van der Waals surface area contributed by atoms with Gasteiger partial charge in [0.2, 0.25) is 11.0 Å². The van der Waals surface area contributed by atoms with Crippen LogP contribution in [0.1, 0.15) is 32.7 Å². The maximum atomic E-state index is 12.9. The van der Waals surface area contributed by atoms with Crippen molar-refractivity contribution in [2.24, 2.45) is 0 Å². The molecule has 1 atom stereocenters. The Kier molecular flexibility index (Phi) is 9.75. The molecule has 3 rings (SSSR count). The number of carboxylic acid groups (broad SMARTS) is 1. The number of carbonyl (C=O) groups excluding carboxylic acids is 2. The molecule has 178 valence electrons. The van der Waals surface area contributed by atoms with Crippen LogP contribution < -0.4 is 10.6 Å². The zero-order chi connectivity index (χ0) is 24.5. The van der Waals surface area contributed by atoms with Gasteiger partial charge in [-0.1, -0.05) is 59.0 Å². The van der Waals surface area contributed by atoms with E-state index in [0.717, 1.165) is 5.56 Å². The van der Waals surface area contributed by atoms with Crippen molar-refractivity contribution < 1.29 is 19.5 Å². The van der Waals surface area contributed by atoms with E-state index in [9.17, 15) is 14.4 Å². The first-order chi connectivity index (χ1) is 16.4. The van der Waals surface area contributed by atoms with E-state index in [4.69, 9.17) is 16.7 Å². The van der Waals surface area contributed by atoms with E-state index in [-0.39, 0.29) is 11.5 Å². The fourth-order valence-corrected chi connectivity index (χ4v) is 5.19. The van der Waals surface area contributed by atoms with Crippen molar-refractivity contribution >= 4 is 69.4 Å². The molecular weight excluding hydrogens is 516 g/mol. The lowest BCUT2D eigenvalue weighted by atomic mass is 10.1. The number of nitrogens with one attached hydrogen (secondary N) is 2. The Labute approximate surface area is 213 Å². The number of aromatic nitrogens is 2. The monoisotopic (exact) mass is 536 g/mol. The number of thioether (sulfide) groups is 2. The Balaban J connectivity index is 1.59. The summed E-state index contributed by atoms with van der Waals surface area (Å²) >= 11 is 10.3. The number of aromatic carboxylic acids is 1. The van der Waals surface area contributed by atoms with Crippen molar-refractivity contribution in [1.82, 2.24) is 15.5 Å². The second kappa shape index (κ2) is 12.7. The van der Waals surface area contributed by atoms with Gasteiger partial charge >= 0.3 is 5.97 Å². The van der Waals surface area contributed by atoms with E-state index in [1.54, 1.807) is 60.3 Å². The molecule has 0 unspecified atom stereocenters. The number of anilines is 1. The predicted molar refractivity (Wildman–Crippen MR) is 137 cm³/mol. The van der Waals surface area contributed by atoms with Gasteiger partial charge in [-0.3, -0.25) is 14.9 Å². The zero-order valence-corrected chi connectivity index (χ0v) is 21.2. The molecule has 34 heavy (non-hydrogen) atoms. The third kappa shape index (κ3) is 7.45. The number of hydrogen-bond acceptors (Lipinski definition) is 8. The molecule has 3 aromatic rings. The lowest BCUT2D eigenvalue weighted by molar-refractivity contribution is -0.118. The highest BCUT2D eigenvalue weighted by Gasteiger charge is 2.23. The van der Waals surface area contributed by atoms with Crippen LogP contribution in [0.15, 0.2) is 52.9 Å². The number of amides is 2. The van der Waals surface area contributed by atoms with Crippen LogP contribution in [-0.2, 0) is 10.5 Å². The van der Waals surface area contributed by atoms with E-state index in [1.165, 1.54) is 23.1 Å². The second-order valence-electron chi connectivity index (χ2n) is 6.94. The van der Waals surface area contributed by atoms with Crippen LogP contribution >= 0.6 is 46.5 Å². The highest BCUT2D eigenvalue weighted by Crippen LogP contribution is 2.28. The van der Waals surface area contributed by atoms with Crippen LogP contribution in [0.3, 0.4) is 0 Å². The summed E-state index contributed by atoms with van der Waals surface area (Å²) in [6.07, 6.45) is 2.37. The fourth-order valence-electron chi connectivity index (χ4n) is 2.79. The molecule has 0 aliphatic rings. The Morgan fingerprint density at radius 3 is 2.53 bits per heavy atom. The number of hydrogen-bond donors (Lipinski definition) is 3. The highest BCUT2D eigenvalue weighted by molar-refractivity contribution is 8.00. The standard InChI is InChI=1S/C22H21ClN4O4S3/c1-32-11-10-17(24-18(28)15-4-2-3-5-16(15)23)19(29)25-21-26-27-22(34-21)33-12-13-6-8-14(9-7-13)20(30)31/h2-9,17H,10-12H2,1H3,(H,24,28)(H,30,31)(H,25,26,29)/t17-/m0/s1. The number of carbonyl (C=O) groups is 3. The van der Waals surface area contributed by atoms with Gasteiger partial charge in [0.05, 0.1) is 16.1 Å². The first kappa shape index (κ1) is 26.0. The van der Waals surface area contributed by atoms with Gasteiger partial charge in [0.1, 0.15) is 6.04 Å². The molecule has 2 amide bonds. The quantitative estimate of drug-likeness (QED) is 0.239. The van der Waals surface area contributed by atoms with Crippen LogP contribution in [0.2, 0.25) is 5.02 Å². The molecule has 0 fully saturated rings. The molecule has 3 N–H and O–H groups in total. The van der Waals surface area contributed by atoms with Gasteiger partial charge in [0.15, 0.2) is 4.34 Å². The number of nitrogens with zero attached hydrogens (tertiary/aromatic N) is 2. The van der Waals surface area contributed by atoms with Crippen LogP contribution in [0.4, 0.5) is 5.13 Å². The summed E-state index contributed by atoms with van der Waals surface area (Å²) in [5.74, 6) is -0.519. The average molecular weight is 537 g/mol. The summed E-state index contributed by atoms with van der Waals surface area (Å²) in [5, 5.41) is 23.2. The molecule has 2 aromatic carbocycles. The minimum Gasteiger partial charge on any atom is -0.478 e. The zero-order valence-electron chi connectivity index (χ0n) is 18.0. The maximum Gasteiger partial charge on any atom is 0.335 e. The highest BCUT2D eigenvalue weighted by atomic mass is 35.5. The summed E-state index contributed by atoms with van der Waals surface area (Å²) in [6.45, 7) is 0. The summed E-state index contributed by atoms with van der Waals surface area (Å²) < 4.78 is 0.651. The molecule has 0 saturated heterocycles. The maximum absolute atomic E-state index is 12.9. The topological polar surface area (TPSA) is 121 Å². The lowest BCUT2D eigenvalue weighted by Crippen LogP contribution is -2.44. The average Bonchev–Trinajstić information content (AvgIpc) is 3.27. The SMILES string of the molecule is CSCC[C@H](NC(=O)c1ccccc1Cl)C(=O)Nc1nnc(SCc2ccc(C(=O)O)cc2)s1. The van der Waals surface area contributed by atoms with Crippen LogP contribution in [0, 0.1) is 0 Å². The van der Waals surface area contributed by atoms with Gasteiger partial charge in [-0.25, -0.2) is 4.79 Å². The van der Waals surface area contributed by atoms with E-state index in [1.807, 2.05) is 6.26 Å². The number of rotatable bonds is 11. The van der Waals surface area contributed by atoms with Crippen molar-refractivity contribution in [3.63, 3.8) is 0 Å². The van der Waals surface area contributed by atoms with E-state index in [2.05, 4.69) is 20.8 Å². The van der Waals surface area contributed by atoms with Crippen LogP contribution in [-0.4, -0.2) is 51.1 Å². The summed E-state index contributed by atoms with van der Waals surface area (Å²) in [7, 11) is 0. The van der Waals surface area contributed by atoms with Gasteiger partial charge < -0.3 is 10.4 Å². The predicted octanol–water partition coefficient (Wildman–Crippen LogP) is 4.67. The molecule has 8 nitrogen and oxygen atoms in total. The molecule has 0 radical (unpaired) electrons. The normalized spacial score (nSPS) is 11.6. The first-order valence-electron chi connectivity index (χ1n) is 10.0. The molecular formula is C22H21ClN4O4S3. The minimum absolute atomic E-state index is 0.229. The van der Waals surface area contributed by atoms with Gasteiger partial charge in [-0.15, -0.1) is 10.2 Å². The Bertz CT molecular complexity index is 1160. The molecule has 1 aromatic heterocycles. The molecule has 0 aliphatic heterocycles. The molecule has 0 spiro atoms. The van der Waals surface area contributed by atoms with Gasteiger partial charge in [0.25, 0.3) is 5.91 Å². The smallest absolute Gasteiger partial charge is 0.335 e. The van der Waals surface area contributed by atoms with Crippen molar-refractivity contribution in [2.75, 3.05) is 17.3 Å². The van der Waals surface area contributed by atoms with Crippen molar-refractivity contribution in [1.29, 1.82) is 0 Å². The Morgan fingerprint density at radius 1 is 1.12 bits per heavy atom. The van der Waals surface area contributed by atoms with Gasteiger partial charge in [-0.05, 0) is 48.3 Å². The van der Waals surface area contributed by atoms with Crippen molar-refractivity contribution in [3.05, 3.63) is 70.2 Å². The van der Waals surface area contributed by atoms with E-state index in [0.29, 0.717) is 38.0 Å². The van der Waals surface area contributed by atoms with Crippen LogP contribution in [0.5, 0.6) is 0 Å².